The van der Waals surface area contributed by atoms with Crippen molar-refractivity contribution in [2.75, 3.05) is 6.54 Å². The van der Waals surface area contributed by atoms with Crippen molar-refractivity contribution in [3.63, 3.8) is 0 Å². The Morgan fingerprint density at radius 2 is 1.92 bits per heavy atom. The van der Waals surface area contributed by atoms with Crippen LogP contribution in [0.5, 0.6) is 0 Å². The number of rotatable bonds is 6. The molecular formula is C9H15NO3. The van der Waals surface area contributed by atoms with Gasteiger partial charge in [-0.25, -0.2) is 0 Å². The topological polar surface area (TPSA) is 63.2 Å². The highest BCUT2D eigenvalue weighted by atomic mass is 16.2. The third kappa shape index (κ3) is 6.02. The first-order chi connectivity index (χ1) is 6.07. The first kappa shape index (κ1) is 11.8. The Labute approximate surface area is 77.7 Å². The van der Waals surface area contributed by atoms with E-state index in [0.717, 1.165) is 0 Å². The molecule has 0 aliphatic carbocycles. The van der Waals surface area contributed by atoms with Crippen LogP contribution in [0.2, 0.25) is 0 Å². The summed E-state index contributed by atoms with van der Waals surface area (Å²) < 4.78 is 0. The Bertz CT molecular complexity index is 199. The molecule has 4 heteroatoms. The Kier molecular flexibility index (Phi) is 5.76. The molecule has 0 fully saturated rings. The second-order valence-electron chi connectivity index (χ2n) is 3.09. The van der Waals surface area contributed by atoms with Crippen LogP contribution in [-0.4, -0.2) is 24.5 Å². The third-order valence-corrected chi connectivity index (χ3v) is 1.62. The predicted molar refractivity (Wildman–Crippen MR) is 48.2 cm³/mol. The largest absolute Gasteiger partial charge is 0.349 e. The highest BCUT2D eigenvalue weighted by Crippen LogP contribution is 2.01. The lowest BCUT2D eigenvalue weighted by molar-refractivity contribution is -0.127. The number of aldehydes is 1. The van der Waals surface area contributed by atoms with Crippen LogP contribution < -0.4 is 5.32 Å². The molecule has 0 heterocycles. The molecule has 0 radical (unpaired) electrons. The summed E-state index contributed by atoms with van der Waals surface area (Å²) in [7, 11) is 0. The number of hydrogen-bond acceptors (Lipinski definition) is 3. The van der Waals surface area contributed by atoms with Crippen LogP contribution in [0.15, 0.2) is 0 Å². The molecule has 4 nitrogen and oxygen atoms in total. The number of nitrogens with one attached hydrogen (secondary N) is 1. The fourth-order valence-electron chi connectivity index (χ4n) is 0.769. The van der Waals surface area contributed by atoms with E-state index in [2.05, 4.69) is 5.32 Å². The van der Waals surface area contributed by atoms with Crippen LogP contribution in [0.1, 0.15) is 26.7 Å². The molecule has 0 atom stereocenters. The maximum absolute atomic E-state index is 11.1. The van der Waals surface area contributed by atoms with E-state index in [-0.39, 0.29) is 37.0 Å². The smallest absolute Gasteiger partial charge is 0.220 e. The number of carbonyl (C=O) groups is 3. The van der Waals surface area contributed by atoms with Gasteiger partial charge in [0.15, 0.2) is 0 Å². The van der Waals surface area contributed by atoms with Crippen molar-refractivity contribution in [2.45, 2.75) is 26.7 Å². The third-order valence-electron chi connectivity index (χ3n) is 1.62. The Morgan fingerprint density at radius 3 is 2.38 bits per heavy atom. The van der Waals surface area contributed by atoms with Gasteiger partial charge in [0.1, 0.15) is 12.1 Å². The van der Waals surface area contributed by atoms with Crippen molar-refractivity contribution < 1.29 is 14.4 Å². The van der Waals surface area contributed by atoms with Crippen molar-refractivity contribution in [3.8, 4) is 0 Å². The second-order valence-corrected chi connectivity index (χ2v) is 3.09. The van der Waals surface area contributed by atoms with E-state index < -0.39 is 0 Å². The van der Waals surface area contributed by atoms with Gasteiger partial charge in [-0.15, -0.1) is 0 Å². The normalized spacial score (nSPS) is 9.77. The van der Waals surface area contributed by atoms with Crippen molar-refractivity contribution in [1.29, 1.82) is 0 Å². The predicted octanol–water partition coefficient (Wildman–Crippen LogP) is 0.307. The number of hydrogen-bond donors (Lipinski definition) is 1. The summed E-state index contributed by atoms with van der Waals surface area (Å²) in [4.78, 5) is 31.9. The summed E-state index contributed by atoms with van der Waals surface area (Å²) in [5.74, 6) is -0.207. The molecule has 0 saturated carbocycles. The molecule has 1 amide bonds. The molecular weight excluding hydrogens is 170 g/mol. The average molecular weight is 185 g/mol. The average Bonchev–Trinajstić information content (AvgIpc) is 2.10. The van der Waals surface area contributed by atoms with Crippen molar-refractivity contribution in [1.82, 2.24) is 5.32 Å². The number of carbonyl (C=O) groups excluding carboxylic acids is 3. The lowest BCUT2D eigenvalue weighted by atomic mass is 10.0. The van der Waals surface area contributed by atoms with Gasteiger partial charge in [-0.1, -0.05) is 13.8 Å². The van der Waals surface area contributed by atoms with Crippen LogP contribution in [0.25, 0.3) is 0 Å². The van der Waals surface area contributed by atoms with Gasteiger partial charge in [-0.3, -0.25) is 9.59 Å². The molecule has 0 rings (SSSR count). The van der Waals surface area contributed by atoms with Gasteiger partial charge in [0, 0.05) is 18.8 Å². The number of Topliss-reactive ketones (excluding diaryl/α,β-unsaturated/α-hetero) is 1. The van der Waals surface area contributed by atoms with E-state index in [4.69, 9.17) is 0 Å². The SMILES string of the molecule is CC(C)C(=O)CCC(=O)NCC=O. The lowest BCUT2D eigenvalue weighted by Gasteiger charge is -2.03. The molecule has 0 aliphatic heterocycles. The monoisotopic (exact) mass is 185 g/mol. The summed E-state index contributed by atoms with van der Waals surface area (Å²) in [6.07, 6.45) is 1.04. The minimum atomic E-state index is -0.249. The maximum Gasteiger partial charge on any atom is 0.220 e. The number of amides is 1. The fraction of sp³-hybridized carbons (Fsp3) is 0.667. The molecule has 0 bridgehead atoms. The number of ketones is 1. The lowest BCUT2D eigenvalue weighted by Crippen LogP contribution is -2.25. The van der Waals surface area contributed by atoms with Crippen molar-refractivity contribution in [3.05, 3.63) is 0 Å². The van der Waals surface area contributed by atoms with Gasteiger partial charge < -0.3 is 10.1 Å². The molecule has 0 aliphatic rings. The fourth-order valence-corrected chi connectivity index (χ4v) is 0.769. The summed E-state index contributed by atoms with van der Waals surface area (Å²) in [6.45, 7) is 3.62. The van der Waals surface area contributed by atoms with E-state index in [9.17, 15) is 14.4 Å². The summed E-state index contributed by atoms with van der Waals surface area (Å²) in [6, 6.07) is 0. The van der Waals surface area contributed by atoms with Gasteiger partial charge in [0.05, 0.1) is 6.54 Å². The second kappa shape index (κ2) is 6.34. The van der Waals surface area contributed by atoms with Crippen LogP contribution in [0.3, 0.4) is 0 Å². The van der Waals surface area contributed by atoms with Crippen LogP contribution in [0.4, 0.5) is 0 Å². The van der Waals surface area contributed by atoms with Gasteiger partial charge in [-0.05, 0) is 0 Å². The van der Waals surface area contributed by atoms with Crippen LogP contribution in [-0.2, 0) is 14.4 Å². The zero-order chi connectivity index (χ0) is 10.3. The van der Waals surface area contributed by atoms with Gasteiger partial charge in [-0.2, -0.15) is 0 Å². The van der Waals surface area contributed by atoms with E-state index in [1.165, 1.54) is 0 Å². The van der Waals surface area contributed by atoms with Crippen molar-refractivity contribution >= 4 is 18.0 Å². The Hall–Kier alpha value is -1.19. The van der Waals surface area contributed by atoms with E-state index in [1.54, 1.807) is 13.8 Å². The molecule has 13 heavy (non-hydrogen) atoms. The Balaban J connectivity index is 3.57. The van der Waals surface area contributed by atoms with Gasteiger partial charge >= 0.3 is 0 Å². The van der Waals surface area contributed by atoms with Crippen LogP contribution >= 0.6 is 0 Å². The molecule has 0 unspecified atom stereocenters. The molecule has 0 aromatic heterocycles. The van der Waals surface area contributed by atoms with Crippen molar-refractivity contribution in [2.24, 2.45) is 5.92 Å². The highest BCUT2D eigenvalue weighted by molar-refractivity contribution is 5.86. The maximum atomic E-state index is 11.1. The minimum absolute atomic E-state index is 0.0225. The summed E-state index contributed by atoms with van der Waals surface area (Å²) >= 11 is 0. The highest BCUT2D eigenvalue weighted by Gasteiger charge is 2.09. The van der Waals surface area contributed by atoms with E-state index in [0.29, 0.717) is 6.29 Å². The summed E-state index contributed by atoms with van der Waals surface area (Å²) in [5, 5.41) is 2.37. The first-order valence-electron chi connectivity index (χ1n) is 4.31. The quantitative estimate of drug-likeness (QED) is 0.605. The molecule has 0 aromatic rings. The zero-order valence-electron chi connectivity index (χ0n) is 8.00. The first-order valence-corrected chi connectivity index (χ1v) is 4.31. The van der Waals surface area contributed by atoms with E-state index in [1.807, 2.05) is 0 Å². The standard InChI is InChI=1S/C9H15NO3/c1-7(2)8(12)3-4-9(13)10-5-6-11/h6-7H,3-5H2,1-2H3,(H,10,13). The van der Waals surface area contributed by atoms with Gasteiger partial charge in [0.25, 0.3) is 0 Å². The summed E-state index contributed by atoms with van der Waals surface area (Å²) in [5.41, 5.74) is 0. The molecule has 74 valence electrons. The van der Waals surface area contributed by atoms with E-state index >= 15 is 0 Å². The molecule has 0 aromatic carbocycles. The molecule has 1 N–H and O–H groups in total. The van der Waals surface area contributed by atoms with Crippen LogP contribution in [0, 0.1) is 5.92 Å². The molecule has 0 spiro atoms. The van der Waals surface area contributed by atoms with Gasteiger partial charge in [0.2, 0.25) is 5.91 Å². The Morgan fingerprint density at radius 1 is 1.31 bits per heavy atom. The zero-order valence-corrected chi connectivity index (χ0v) is 8.00. The molecule has 0 saturated heterocycles. The minimum Gasteiger partial charge on any atom is -0.349 e.